The van der Waals surface area contributed by atoms with Gasteiger partial charge in [-0.3, -0.25) is 4.84 Å². The van der Waals surface area contributed by atoms with Gasteiger partial charge in [0.1, 0.15) is 4.90 Å². The Morgan fingerprint density at radius 3 is 2.73 bits per heavy atom. The normalized spacial score (nSPS) is 11.7. The molecule has 0 aliphatic carbocycles. The molecular formula is C8H9BrClNO3S. The zero-order chi connectivity index (χ0) is 11.5. The second-order valence-electron chi connectivity index (χ2n) is 2.59. The Morgan fingerprint density at radius 1 is 1.53 bits per heavy atom. The fourth-order valence-electron chi connectivity index (χ4n) is 0.875. The van der Waals surface area contributed by atoms with E-state index in [0.29, 0.717) is 4.47 Å². The average Bonchev–Trinajstić information content (AvgIpc) is 2.14. The van der Waals surface area contributed by atoms with Gasteiger partial charge in [0.15, 0.2) is 0 Å². The van der Waals surface area contributed by atoms with Crippen molar-refractivity contribution in [2.75, 3.05) is 6.61 Å². The smallest absolute Gasteiger partial charge is 0.263 e. The van der Waals surface area contributed by atoms with Gasteiger partial charge < -0.3 is 0 Å². The molecule has 0 aliphatic heterocycles. The second kappa shape index (κ2) is 5.27. The molecule has 0 atom stereocenters. The van der Waals surface area contributed by atoms with Crippen LogP contribution in [0.3, 0.4) is 0 Å². The molecule has 0 saturated heterocycles. The number of halogens is 2. The van der Waals surface area contributed by atoms with Crippen LogP contribution in [0.25, 0.3) is 0 Å². The lowest BCUT2D eigenvalue weighted by molar-refractivity contribution is 0.105. The highest BCUT2D eigenvalue weighted by molar-refractivity contribution is 9.10. The summed E-state index contributed by atoms with van der Waals surface area (Å²) in [6.07, 6.45) is 0. The second-order valence-corrected chi connectivity index (χ2v) is 5.53. The van der Waals surface area contributed by atoms with Gasteiger partial charge in [-0.1, -0.05) is 32.4 Å². The van der Waals surface area contributed by atoms with E-state index in [0.717, 1.165) is 0 Å². The van der Waals surface area contributed by atoms with Crippen molar-refractivity contribution < 1.29 is 13.3 Å². The molecule has 0 radical (unpaired) electrons. The lowest BCUT2D eigenvalue weighted by Gasteiger charge is -2.07. The maximum atomic E-state index is 11.6. The van der Waals surface area contributed by atoms with Gasteiger partial charge in [-0.2, -0.15) is 0 Å². The summed E-state index contributed by atoms with van der Waals surface area (Å²) in [5, 5.41) is 0.136. The van der Waals surface area contributed by atoms with Gasteiger partial charge in [0, 0.05) is 4.47 Å². The maximum Gasteiger partial charge on any atom is 0.263 e. The minimum Gasteiger partial charge on any atom is -0.287 e. The van der Waals surface area contributed by atoms with Crippen LogP contribution in [0.4, 0.5) is 0 Å². The minimum atomic E-state index is -3.69. The van der Waals surface area contributed by atoms with Crippen molar-refractivity contribution in [3.8, 4) is 0 Å². The Kier molecular flexibility index (Phi) is 4.54. The van der Waals surface area contributed by atoms with Crippen molar-refractivity contribution >= 4 is 37.6 Å². The summed E-state index contributed by atoms with van der Waals surface area (Å²) >= 11 is 8.97. The van der Waals surface area contributed by atoms with Crippen LogP contribution >= 0.6 is 27.5 Å². The predicted octanol–water partition coefficient (Wildman–Crippen LogP) is 2.33. The zero-order valence-corrected chi connectivity index (χ0v) is 11.0. The molecule has 0 amide bonds. The number of nitrogens with one attached hydrogen (secondary N) is 1. The topological polar surface area (TPSA) is 55.4 Å². The van der Waals surface area contributed by atoms with Gasteiger partial charge >= 0.3 is 0 Å². The van der Waals surface area contributed by atoms with Gasteiger partial charge in [0.25, 0.3) is 10.0 Å². The fraction of sp³-hybridized carbons (Fsp3) is 0.250. The predicted molar refractivity (Wildman–Crippen MR) is 61.1 cm³/mol. The van der Waals surface area contributed by atoms with Gasteiger partial charge in [-0.25, -0.2) is 8.42 Å². The molecule has 1 aromatic rings. The standard InChI is InChI=1S/C8H9BrClNO3S/c1-2-14-11-15(12,13)8-4-3-6(9)5-7(8)10/h3-5,11H,2H2,1H3. The summed E-state index contributed by atoms with van der Waals surface area (Å²) < 4.78 is 23.9. The van der Waals surface area contributed by atoms with Gasteiger partial charge in [-0.15, -0.1) is 0 Å². The monoisotopic (exact) mass is 313 g/mol. The van der Waals surface area contributed by atoms with Crippen LogP contribution < -0.4 is 4.89 Å². The summed E-state index contributed by atoms with van der Waals surface area (Å²) in [6.45, 7) is 1.92. The van der Waals surface area contributed by atoms with E-state index in [9.17, 15) is 8.42 Å². The molecule has 0 saturated carbocycles. The number of benzene rings is 1. The summed E-state index contributed by atoms with van der Waals surface area (Å²) in [5.74, 6) is 0. The van der Waals surface area contributed by atoms with Crippen molar-refractivity contribution in [1.29, 1.82) is 0 Å². The van der Waals surface area contributed by atoms with Crippen LogP contribution in [0.15, 0.2) is 27.6 Å². The summed E-state index contributed by atoms with van der Waals surface area (Å²) in [6, 6.07) is 4.49. The molecule has 0 fully saturated rings. The van der Waals surface area contributed by atoms with Crippen LogP contribution in [-0.2, 0) is 14.9 Å². The van der Waals surface area contributed by atoms with E-state index in [1.165, 1.54) is 12.1 Å². The number of hydrogen-bond acceptors (Lipinski definition) is 3. The highest BCUT2D eigenvalue weighted by Gasteiger charge is 2.17. The lowest BCUT2D eigenvalue weighted by atomic mass is 10.4. The molecule has 84 valence electrons. The zero-order valence-electron chi connectivity index (χ0n) is 7.83. The first-order chi connectivity index (χ1) is 6.97. The van der Waals surface area contributed by atoms with Crippen LogP contribution in [0.1, 0.15) is 6.92 Å². The largest absolute Gasteiger partial charge is 0.287 e. The molecule has 4 nitrogen and oxygen atoms in total. The van der Waals surface area contributed by atoms with E-state index in [1.807, 2.05) is 4.89 Å². The highest BCUT2D eigenvalue weighted by Crippen LogP contribution is 2.24. The van der Waals surface area contributed by atoms with Crippen LogP contribution in [-0.4, -0.2) is 15.0 Å². The Hall–Kier alpha value is -0.140. The lowest BCUT2D eigenvalue weighted by Crippen LogP contribution is -2.24. The molecule has 0 unspecified atom stereocenters. The molecule has 0 spiro atoms. The van der Waals surface area contributed by atoms with E-state index < -0.39 is 10.0 Å². The summed E-state index contributed by atoms with van der Waals surface area (Å²) in [5.41, 5.74) is 0. The van der Waals surface area contributed by atoms with Crippen molar-refractivity contribution in [3.63, 3.8) is 0 Å². The molecule has 0 bridgehead atoms. The summed E-state index contributed by atoms with van der Waals surface area (Å²) in [4.78, 5) is 6.57. The summed E-state index contributed by atoms with van der Waals surface area (Å²) in [7, 11) is -3.69. The van der Waals surface area contributed by atoms with Gasteiger partial charge in [-0.05, 0) is 25.1 Å². The Morgan fingerprint density at radius 2 is 2.20 bits per heavy atom. The van der Waals surface area contributed by atoms with E-state index in [4.69, 9.17) is 11.6 Å². The van der Waals surface area contributed by atoms with Crippen molar-refractivity contribution in [1.82, 2.24) is 4.89 Å². The van der Waals surface area contributed by atoms with Crippen molar-refractivity contribution in [2.45, 2.75) is 11.8 Å². The maximum absolute atomic E-state index is 11.6. The fourth-order valence-corrected chi connectivity index (χ4v) is 2.78. The van der Waals surface area contributed by atoms with E-state index in [2.05, 4.69) is 20.8 Å². The molecule has 15 heavy (non-hydrogen) atoms. The van der Waals surface area contributed by atoms with E-state index in [-0.39, 0.29) is 16.5 Å². The average molecular weight is 315 g/mol. The molecular weight excluding hydrogens is 306 g/mol. The molecule has 0 aromatic heterocycles. The van der Waals surface area contributed by atoms with Crippen LogP contribution in [0.2, 0.25) is 5.02 Å². The molecule has 1 N–H and O–H groups in total. The quantitative estimate of drug-likeness (QED) is 0.868. The van der Waals surface area contributed by atoms with Gasteiger partial charge in [0.05, 0.1) is 11.6 Å². The molecule has 0 heterocycles. The van der Waals surface area contributed by atoms with Crippen LogP contribution in [0.5, 0.6) is 0 Å². The molecule has 7 heteroatoms. The first-order valence-corrected chi connectivity index (χ1v) is 6.71. The van der Waals surface area contributed by atoms with Gasteiger partial charge in [0.2, 0.25) is 0 Å². The Labute approximate surface area is 102 Å². The van der Waals surface area contributed by atoms with Crippen molar-refractivity contribution in [2.24, 2.45) is 0 Å². The van der Waals surface area contributed by atoms with Crippen LogP contribution in [0, 0.1) is 0 Å². The van der Waals surface area contributed by atoms with E-state index in [1.54, 1.807) is 13.0 Å². The van der Waals surface area contributed by atoms with E-state index >= 15 is 0 Å². The number of rotatable bonds is 4. The molecule has 1 rings (SSSR count). The highest BCUT2D eigenvalue weighted by atomic mass is 79.9. The number of sulfonamides is 1. The molecule has 1 aromatic carbocycles. The third-order valence-corrected chi connectivity index (χ3v) is 3.69. The molecule has 0 aliphatic rings. The first kappa shape index (κ1) is 12.9. The minimum absolute atomic E-state index is 0.0131. The Bertz CT molecular complexity index is 449. The first-order valence-electron chi connectivity index (χ1n) is 4.06. The Balaban J connectivity index is 3.05. The van der Waals surface area contributed by atoms with Crippen molar-refractivity contribution in [3.05, 3.63) is 27.7 Å². The third kappa shape index (κ3) is 3.42. The third-order valence-electron chi connectivity index (χ3n) is 1.50. The SMILES string of the molecule is CCONS(=O)(=O)c1ccc(Br)cc1Cl. The number of hydrogen-bond donors (Lipinski definition) is 1.